The van der Waals surface area contributed by atoms with Crippen molar-refractivity contribution in [2.75, 3.05) is 7.11 Å². The predicted molar refractivity (Wildman–Crippen MR) is 60.5 cm³/mol. The van der Waals surface area contributed by atoms with Gasteiger partial charge in [0.25, 0.3) is 0 Å². The van der Waals surface area contributed by atoms with Crippen molar-refractivity contribution in [1.29, 1.82) is 0 Å². The number of carbonyl (C=O) groups is 1. The van der Waals surface area contributed by atoms with Crippen LogP contribution in [0.1, 0.15) is 16.1 Å². The molecule has 0 bridgehead atoms. The molecular weight excluding hydrogens is 261 g/mol. The van der Waals surface area contributed by atoms with Crippen LogP contribution in [0.2, 0.25) is 0 Å². The molecule has 0 spiro atoms. The lowest BCUT2D eigenvalue weighted by atomic mass is 10.1. The van der Waals surface area contributed by atoms with Gasteiger partial charge in [0.15, 0.2) is 0 Å². The summed E-state index contributed by atoms with van der Waals surface area (Å²) in [7, 11) is 1.19. The Bertz CT molecular complexity index is 599. The molecule has 0 fully saturated rings. The largest absolute Gasteiger partial charge is 0.463 e. The Labute approximate surface area is 106 Å². The van der Waals surface area contributed by atoms with Gasteiger partial charge in [-0.05, 0) is 24.3 Å². The summed E-state index contributed by atoms with van der Waals surface area (Å²) in [6, 6.07) is 7.43. The predicted octanol–water partition coefficient (Wildman–Crippen LogP) is 3.75. The second-order valence-electron chi connectivity index (χ2n) is 3.73. The topological polar surface area (TPSA) is 39.4 Å². The molecule has 2 aromatic rings. The minimum absolute atomic E-state index is 0.0603. The van der Waals surface area contributed by atoms with Crippen LogP contribution in [-0.2, 0) is 10.9 Å². The fraction of sp³-hybridized carbons (Fsp3) is 0.154. The van der Waals surface area contributed by atoms with Crippen LogP contribution in [0, 0.1) is 0 Å². The van der Waals surface area contributed by atoms with Crippen molar-refractivity contribution in [3.63, 3.8) is 0 Å². The highest BCUT2D eigenvalue weighted by Crippen LogP contribution is 2.32. The summed E-state index contributed by atoms with van der Waals surface area (Å²) in [5, 5.41) is 0. The Hall–Kier alpha value is -2.24. The van der Waals surface area contributed by atoms with Gasteiger partial charge >= 0.3 is 12.1 Å². The van der Waals surface area contributed by atoms with Crippen LogP contribution in [-0.4, -0.2) is 13.1 Å². The summed E-state index contributed by atoms with van der Waals surface area (Å²) in [5.41, 5.74) is -0.536. The van der Waals surface area contributed by atoms with Gasteiger partial charge in [0.1, 0.15) is 5.76 Å². The zero-order chi connectivity index (χ0) is 14.0. The first-order valence-corrected chi connectivity index (χ1v) is 5.27. The number of furan rings is 1. The van der Waals surface area contributed by atoms with Crippen LogP contribution in [0.15, 0.2) is 40.8 Å². The minimum Gasteiger partial charge on any atom is -0.463 e. The second kappa shape index (κ2) is 4.79. The standard InChI is InChI=1S/C13H9F3O3/c1-18-12(17)11-6-5-10(19-11)8-3-2-4-9(7-8)13(14,15)16/h2-7H,1H3. The fourth-order valence-electron chi connectivity index (χ4n) is 1.55. The molecule has 2 rings (SSSR count). The lowest BCUT2D eigenvalue weighted by molar-refractivity contribution is -0.137. The first-order chi connectivity index (χ1) is 8.91. The number of hydrogen-bond donors (Lipinski definition) is 0. The van der Waals surface area contributed by atoms with E-state index in [9.17, 15) is 18.0 Å². The number of methoxy groups -OCH3 is 1. The molecule has 6 heteroatoms. The van der Waals surface area contributed by atoms with Crippen molar-refractivity contribution < 1.29 is 27.1 Å². The first kappa shape index (κ1) is 13.2. The highest BCUT2D eigenvalue weighted by molar-refractivity contribution is 5.87. The number of hydrogen-bond acceptors (Lipinski definition) is 3. The second-order valence-corrected chi connectivity index (χ2v) is 3.73. The lowest BCUT2D eigenvalue weighted by Gasteiger charge is -2.07. The SMILES string of the molecule is COC(=O)c1ccc(-c2cccc(C(F)(F)F)c2)o1. The van der Waals surface area contributed by atoms with E-state index in [0.29, 0.717) is 0 Å². The lowest BCUT2D eigenvalue weighted by Crippen LogP contribution is -2.04. The van der Waals surface area contributed by atoms with E-state index in [1.54, 1.807) is 0 Å². The van der Waals surface area contributed by atoms with E-state index in [0.717, 1.165) is 12.1 Å². The quantitative estimate of drug-likeness (QED) is 0.780. The summed E-state index contributed by atoms with van der Waals surface area (Å²) in [5.74, 6) is -0.570. The van der Waals surface area contributed by atoms with Crippen LogP contribution >= 0.6 is 0 Å². The van der Waals surface area contributed by atoms with Crippen molar-refractivity contribution in [3.05, 3.63) is 47.7 Å². The summed E-state index contributed by atoms with van der Waals surface area (Å²) in [4.78, 5) is 11.2. The maximum atomic E-state index is 12.6. The third-order valence-corrected chi connectivity index (χ3v) is 2.47. The zero-order valence-electron chi connectivity index (χ0n) is 9.82. The molecule has 0 aliphatic carbocycles. The summed E-state index contributed by atoms with van der Waals surface area (Å²) >= 11 is 0. The van der Waals surface area contributed by atoms with E-state index in [-0.39, 0.29) is 17.1 Å². The Morgan fingerprint density at radius 1 is 1.21 bits per heavy atom. The van der Waals surface area contributed by atoms with Crippen LogP contribution in [0.25, 0.3) is 11.3 Å². The van der Waals surface area contributed by atoms with Gasteiger partial charge in [0.05, 0.1) is 12.7 Å². The van der Waals surface area contributed by atoms with Crippen LogP contribution in [0.3, 0.4) is 0 Å². The fourth-order valence-corrected chi connectivity index (χ4v) is 1.55. The number of alkyl halides is 3. The molecule has 0 aliphatic rings. The van der Waals surface area contributed by atoms with Gasteiger partial charge in [-0.15, -0.1) is 0 Å². The van der Waals surface area contributed by atoms with E-state index in [2.05, 4.69) is 4.74 Å². The van der Waals surface area contributed by atoms with Gasteiger partial charge in [-0.3, -0.25) is 0 Å². The van der Waals surface area contributed by atoms with E-state index >= 15 is 0 Å². The number of benzene rings is 1. The van der Waals surface area contributed by atoms with Crippen LogP contribution in [0.4, 0.5) is 13.2 Å². The number of esters is 1. The Morgan fingerprint density at radius 3 is 2.58 bits per heavy atom. The van der Waals surface area contributed by atoms with Crippen molar-refractivity contribution in [2.45, 2.75) is 6.18 Å². The average Bonchev–Trinajstić information content (AvgIpc) is 2.86. The van der Waals surface area contributed by atoms with E-state index in [4.69, 9.17) is 4.42 Å². The molecule has 0 aliphatic heterocycles. The molecule has 0 saturated carbocycles. The molecule has 1 aromatic carbocycles. The minimum atomic E-state index is -4.42. The first-order valence-electron chi connectivity index (χ1n) is 5.27. The number of carbonyl (C=O) groups excluding carboxylic acids is 1. The number of ether oxygens (including phenoxy) is 1. The molecule has 19 heavy (non-hydrogen) atoms. The normalized spacial score (nSPS) is 11.4. The Morgan fingerprint density at radius 2 is 1.95 bits per heavy atom. The maximum absolute atomic E-state index is 12.6. The molecule has 0 N–H and O–H groups in total. The smallest absolute Gasteiger partial charge is 0.416 e. The number of halogens is 3. The van der Waals surface area contributed by atoms with E-state index in [1.165, 1.54) is 31.4 Å². The average molecular weight is 270 g/mol. The zero-order valence-corrected chi connectivity index (χ0v) is 9.82. The van der Waals surface area contributed by atoms with E-state index < -0.39 is 17.7 Å². The molecule has 100 valence electrons. The van der Waals surface area contributed by atoms with E-state index in [1.807, 2.05) is 0 Å². The molecule has 1 aromatic heterocycles. The Kier molecular flexibility index (Phi) is 3.33. The molecule has 1 heterocycles. The van der Waals surface area contributed by atoms with Gasteiger partial charge in [-0.2, -0.15) is 13.2 Å². The van der Waals surface area contributed by atoms with Gasteiger partial charge in [-0.1, -0.05) is 12.1 Å². The van der Waals surface area contributed by atoms with Crippen LogP contribution in [0.5, 0.6) is 0 Å². The summed E-state index contributed by atoms with van der Waals surface area (Å²) in [6.45, 7) is 0. The third kappa shape index (κ3) is 2.78. The molecule has 3 nitrogen and oxygen atoms in total. The van der Waals surface area contributed by atoms with Crippen molar-refractivity contribution in [3.8, 4) is 11.3 Å². The molecule has 0 unspecified atom stereocenters. The van der Waals surface area contributed by atoms with Crippen molar-refractivity contribution in [2.24, 2.45) is 0 Å². The molecule has 0 radical (unpaired) electrons. The summed E-state index contributed by atoms with van der Waals surface area (Å²) < 4.78 is 47.3. The summed E-state index contributed by atoms with van der Waals surface area (Å²) in [6.07, 6.45) is -4.42. The molecule has 0 amide bonds. The van der Waals surface area contributed by atoms with Gasteiger partial charge in [-0.25, -0.2) is 4.79 Å². The molecular formula is C13H9F3O3. The van der Waals surface area contributed by atoms with Crippen molar-refractivity contribution in [1.82, 2.24) is 0 Å². The molecule has 0 saturated heterocycles. The maximum Gasteiger partial charge on any atom is 0.416 e. The van der Waals surface area contributed by atoms with Crippen molar-refractivity contribution >= 4 is 5.97 Å². The highest BCUT2D eigenvalue weighted by Gasteiger charge is 2.30. The Balaban J connectivity index is 2.37. The highest BCUT2D eigenvalue weighted by atomic mass is 19.4. The molecule has 0 atom stereocenters. The monoisotopic (exact) mass is 270 g/mol. The van der Waals surface area contributed by atoms with Gasteiger partial charge in [0, 0.05) is 5.56 Å². The third-order valence-electron chi connectivity index (χ3n) is 2.47. The van der Waals surface area contributed by atoms with Crippen LogP contribution < -0.4 is 0 Å². The van der Waals surface area contributed by atoms with Gasteiger partial charge < -0.3 is 9.15 Å². The number of rotatable bonds is 2. The van der Waals surface area contributed by atoms with Gasteiger partial charge in [0.2, 0.25) is 5.76 Å².